The third-order valence-corrected chi connectivity index (χ3v) is 2.21. The van der Waals surface area contributed by atoms with E-state index in [1.165, 1.54) is 0 Å². The van der Waals surface area contributed by atoms with E-state index < -0.39 is 23.4 Å². The average Bonchev–Trinajstić information content (AvgIpc) is 2.65. The first kappa shape index (κ1) is 11.6. The second kappa shape index (κ2) is 3.87. The molecule has 0 aliphatic rings. The van der Waals surface area contributed by atoms with Crippen LogP contribution in [0.15, 0.2) is 36.7 Å². The molecule has 0 radical (unpaired) electrons. The van der Waals surface area contributed by atoms with Crippen molar-refractivity contribution >= 4 is 0 Å². The predicted octanol–water partition coefficient (Wildman–Crippen LogP) is 3.77. The SMILES string of the molecule is Fc1ccc(-n2ccc(C(F)(F)F)c2)c(F)c1. The molecule has 0 fully saturated rings. The first-order valence-corrected chi connectivity index (χ1v) is 4.58. The van der Waals surface area contributed by atoms with Gasteiger partial charge in [-0.3, -0.25) is 0 Å². The number of alkyl halides is 3. The minimum atomic E-state index is -4.48. The lowest BCUT2D eigenvalue weighted by molar-refractivity contribution is -0.137. The quantitative estimate of drug-likeness (QED) is 0.676. The molecule has 90 valence electrons. The summed E-state index contributed by atoms with van der Waals surface area (Å²) in [5, 5.41) is 0. The van der Waals surface area contributed by atoms with E-state index in [0.29, 0.717) is 6.07 Å². The van der Waals surface area contributed by atoms with Gasteiger partial charge in [0.2, 0.25) is 0 Å². The van der Waals surface area contributed by atoms with Gasteiger partial charge in [-0.2, -0.15) is 13.2 Å². The maximum atomic E-state index is 13.3. The van der Waals surface area contributed by atoms with Crippen molar-refractivity contribution in [3.05, 3.63) is 53.9 Å². The summed E-state index contributed by atoms with van der Waals surface area (Å²) in [5.41, 5.74) is -1.02. The van der Waals surface area contributed by atoms with E-state index in [4.69, 9.17) is 0 Å². The van der Waals surface area contributed by atoms with Crippen LogP contribution in [0.25, 0.3) is 5.69 Å². The highest BCUT2D eigenvalue weighted by molar-refractivity contribution is 5.36. The molecule has 0 aliphatic carbocycles. The minimum absolute atomic E-state index is 0.137. The van der Waals surface area contributed by atoms with Gasteiger partial charge in [-0.15, -0.1) is 0 Å². The summed E-state index contributed by atoms with van der Waals surface area (Å²) >= 11 is 0. The highest BCUT2D eigenvalue weighted by Crippen LogP contribution is 2.30. The highest BCUT2D eigenvalue weighted by Gasteiger charge is 2.31. The first-order chi connectivity index (χ1) is 7.88. The molecule has 0 saturated carbocycles. The molecule has 0 N–H and O–H groups in total. The molecule has 0 amide bonds. The topological polar surface area (TPSA) is 4.93 Å². The molecule has 2 rings (SSSR count). The number of nitrogens with zero attached hydrogens (tertiary/aromatic N) is 1. The summed E-state index contributed by atoms with van der Waals surface area (Å²) in [4.78, 5) is 0. The molecule has 0 atom stereocenters. The maximum Gasteiger partial charge on any atom is 0.417 e. The van der Waals surface area contributed by atoms with Gasteiger partial charge < -0.3 is 4.57 Å². The number of aromatic nitrogens is 1. The summed E-state index contributed by atoms with van der Waals surface area (Å²) in [6.07, 6.45) is -2.67. The molecular formula is C11H6F5N. The summed E-state index contributed by atoms with van der Waals surface area (Å²) in [7, 11) is 0. The Morgan fingerprint density at radius 3 is 2.24 bits per heavy atom. The van der Waals surface area contributed by atoms with Gasteiger partial charge in [-0.25, -0.2) is 8.78 Å². The lowest BCUT2D eigenvalue weighted by Crippen LogP contribution is -2.03. The van der Waals surface area contributed by atoms with Crippen LogP contribution in [0.4, 0.5) is 22.0 Å². The van der Waals surface area contributed by atoms with Crippen molar-refractivity contribution in [1.29, 1.82) is 0 Å². The van der Waals surface area contributed by atoms with Crippen molar-refractivity contribution in [2.75, 3.05) is 0 Å². The molecule has 0 saturated heterocycles. The normalized spacial score (nSPS) is 11.8. The van der Waals surface area contributed by atoms with Crippen molar-refractivity contribution in [2.24, 2.45) is 0 Å². The number of rotatable bonds is 1. The van der Waals surface area contributed by atoms with Crippen LogP contribution in [0.3, 0.4) is 0 Å². The van der Waals surface area contributed by atoms with Crippen molar-refractivity contribution in [1.82, 2.24) is 4.57 Å². The number of benzene rings is 1. The number of halogens is 5. The van der Waals surface area contributed by atoms with Crippen molar-refractivity contribution in [2.45, 2.75) is 6.18 Å². The Hall–Kier alpha value is -1.85. The zero-order valence-corrected chi connectivity index (χ0v) is 8.30. The van der Waals surface area contributed by atoms with Gasteiger partial charge >= 0.3 is 6.18 Å². The summed E-state index contributed by atoms with van der Waals surface area (Å²) in [5.74, 6) is -1.70. The van der Waals surface area contributed by atoms with Crippen LogP contribution in [0.2, 0.25) is 0 Å². The van der Waals surface area contributed by atoms with E-state index in [-0.39, 0.29) is 5.69 Å². The van der Waals surface area contributed by atoms with Gasteiger partial charge in [-0.1, -0.05) is 0 Å². The molecule has 1 nitrogen and oxygen atoms in total. The van der Waals surface area contributed by atoms with E-state index in [1.54, 1.807) is 0 Å². The van der Waals surface area contributed by atoms with Gasteiger partial charge in [0.25, 0.3) is 0 Å². The van der Waals surface area contributed by atoms with Crippen LogP contribution in [0.5, 0.6) is 0 Å². The van der Waals surface area contributed by atoms with E-state index in [1.807, 2.05) is 0 Å². The minimum Gasteiger partial charge on any atom is -0.321 e. The third-order valence-electron chi connectivity index (χ3n) is 2.21. The standard InChI is InChI=1S/C11H6F5N/c12-8-1-2-10(9(13)5-8)17-4-3-7(6-17)11(14,15)16/h1-6H. The van der Waals surface area contributed by atoms with Gasteiger partial charge in [0.15, 0.2) is 0 Å². The van der Waals surface area contributed by atoms with Crippen LogP contribution in [-0.4, -0.2) is 4.57 Å². The fourth-order valence-corrected chi connectivity index (χ4v) is 1.40. The highest BCUT2D eigenvalue weighted by atomic mass is 19.4. The van der Waals surface area contributed by atoms with E-state index in [2.05, 4.69) is 0 Å². The van der Waals surface area contributed by atoms with Gasteiger partial charge in [0, 0.05) is 18.5 Å². The van der Waals surface area contributed by atoms with Crippen molar-refractivity contribution in [3.63, 3.8) is 0 Å². The lowest BCUT2D eigenvalue weighted by atomic mass is 10.3. The molecule has 0 unspecified atom stereocenters. The fourth-order valence-electron chi connectivity index (χ4n) is 1.40. The molecule has 6 heteroatoms. The zero-order valence-electron chi connectivity index (χ0n) is 8.30. The van der Waals surface area contributed by atoms with E-state index in [0.717, 1.165) is 35.2 Å². The van der Waals surface area contributed by atoms with E-state index >= 15 is 0 Å². The van der Waals surface area contributed by atoms with Crippen LogP contribution >= 0.6 is 0 Å². The summed E-state index contributed by atoms with van der Waals surface area (Å²) in [6, 6.07) is 3.49. The second-order valence-corrected chi connectivity index (χ2v) is 3.40. The Labute approximate surface area is 93.1 Å². The molecule has 2 aromatic rings. The van der Waals surface area contributed by atoms with Gasteiger partial charge in [0.05, 0.1) is 11.3 Å². The molecule has 1 aromatic carbocycles. The Kier molecular flexibility index (Phi) is 2.65. The fraction of sp³-hybridized carbons (Fsp3) is 0.0909. The molecule has 0 bridgehead atoms. The van der Waals surface area contributed by atoms with E-state index in [9.17, 15) is 22.0 Å². The molecule has 0 aliphatic heterocycles. The summed E-state index contributed by atoms with van der Waals surface area (Å²) < 4.78 is 63.8. The second-order valence-electron chi connectivity index (χ2n) is 3.40. The maximum absolute atomic E-state index is 13.3. The van der Waals surface area contributed by atoms with Crippen LogP contribution in [-0.2, 0) is 6.18 Å². The number of hydrogen-bond donors (Lipinski definition) is 0. The molecule has 1 heterocycles. The Morgan fingerprint density at radius 1 is 1.00 bits per heavy atom. The average molecular weight is 247 g/mol. The van der Waals surface area contributed by atoms with Crippen LogP contribution < -0.4 is 0 Å². The van der Waals surface area contributed by atoms with Crippen molar-refractivity contribution in [3.8, 4) is 5.69 Å². The smallest absolute Gasteiger partial charge is 0.321 e. The molecule has 1 aromatic heterocycles. The zero-order chi connectivity index (χ0) is 12.6. The lowest BCUT2D eigenvalue weighted by Gasteiger charge is -2.05. The van der Waals surface area contributed by atoms with Crippen molar-refractivity contribution < 1.29 is 22.0 Å². The predicted molar refractivity (Wildman–Crippen MR) is 50.7 cm³/mol. The Bertz CT molecular complexity index is 541. The third kappa shape index (κ3) is 2.30. The molecule has 0 spiro atoms. The Morgan fingerprint density at radius 2 is 1.71 bits per heavy atom. The Balaban J connectivity index is 2.44. The van der Waals surface area contributed by atoms with Crippen LogP contribution in [0, 0.1) is 11.6 Å². The monoisotopic (exact) mass is 247 g/mol. The molecular weight excluding hydrogens is 241 g/mol. The first-order valence-electron chi connectivity index (χ1n) is 4.58. The van der Waals surface area contributed by atoms with Gasteiger partial charge in [0.1, 0.15) is 11.6 Å². The van der Waals surface area contributed by atoms with Crippen LogP contribution in [0.1, 0.15) is 5.56 Å². The molecule has 17 heavy (non-hydrogen) atoms. The van der Waals surface area contributed by atoms with Gasteiger partial charge in [-0.05, 0) is 18.2 Å². The summed E-state index contributed by atoms with van der Waals surface area (Å²) in [6.45, 7) is 0. The largest absolute Gasteiger partial charge is 0.417 e. The number of hydrogen-bond acceptors (Lipinski definition) is 0.